The van der Waals surface area contributed by atoms with Crippen molar-refractivity contribution in [1.82, 2.24) is 15.0 Å². The fraction of sp³-hybridized carbons (Fsp3) is 0. The van der Waals surface area contributed by atoms with E-state index in [1.54, 1.807) is 0 Å². The van der Waals surface area contributed by atoms with E-state index in [2.05, 4.69) is 72.8 Å². The van der Waals surface area contributed by atoms with Crippen LogP contribution in [0.5, 0.6) is 0 Å². The first-order valence-corrected chi connectivity index (χ1v) is 13.0. The van der Waals surface area contributed by atoms with Crippen molar-refractivity contribution in [3.8, 4) is 34.2 Å². The summed E-state index contributed by atoms with van der Waals surface area (Å²) in [5.41, 5.74) is 4.53. The molecule has 2 aromatic heterocycles. The molecule has 39 heavy (non-hydrogen) atoms. The van der Waals surface area contributed by atoms with Crippen LogP contribution in [-0.4, -0.2) is 15.0 Å². The minimum absolute atomic E-state index is 0.619. The maximum atomic E-state index is 6.44. The van der Waals surface area contributed by atoms with Gasteiger partial charge in [0.2, 0.25) is 0 Å². The molecule has 6 aromatic carbocycles. The maximum absolute atomic E-state index is 6.44. The number of hydrogen-bond acceptors (Lipinski definition) is 4. The minimum Gasteiger partial charge on any atom is -0.455 e. The van der Waals surface area contributed by atoms with Crippen LogP contribution in [0.25, 0.3) is 77.6 Å². The lowest BCUT2D eigenvalue weighted by Crippen LogP contribution is -2.00. The number of nitrogens with zero attached hydrogens (tertiary/aromatic N) is 3. The van der Waals surface area contributed by atoms with E-state index in [4.69, 9.17) is 19.4 Å². The predicted octanol–water partition coefficient (Wildman–Crippen LogP) is 9.08. The highest BCUT2D eigenvalue weighted by Crippen LogP contribution is 2.39. The van der Waals surface area contributed by atoms with Crippen molar-refractivity contribution in [3.05, 3.63) is 127 Å². The summed E-state index contributed by atoms with van der Waals surface area (Å²) in [5, 5.41) is 6.55. The molecule has 0 spiro atoms. The predicted molar refractivity (Wildman–Crippen MR) is 158 cm³/mol. The molecule has 182 valence electrons. The van der Waals surface area contributed by atoms with Crippen molar-refractivity contribution in [1.29, 1.82) is 0 Å². The van der Waals surface area contributed by atoms with Crippen LogP contribution in [0.2, 0.25) is 0 Å². The Labute approximate surface area is 224 Å². The molecule has 0 saturated carbocycles. The van der Waals surface area contributed by atoms with E-state index in [0.29, 0.717) is 17.5 Å². The van der Waals surface area contributed by atoms with Crippen molar-refractivity contribution in [3.63, 3.8) is 0 Å². The van der Waals surface area contributed by atoms with Crippen LogP contribution < -0.4 is 0 Å². The first-order chi connectivity index (χ1) is 19.3. The quantitative estimate of drug-likeness (QED) is 0.243. The first-order valence-electron chi connectivity index (χ1n) is 13.0. The zero-order valence-electron chi connectivity index (χ0n) is 20.9. The molecule has 0 N–H and O–H groups in total. The van der Waals surface area contributed by atoms with Crippen LogP contribution in [-0.2, 0) is 0 Å². The van der Waals surface area contributed by atoms with Crippen LogP contribution in [0.1, 0.15) is 0 Å². The van der Waals surface area contributed by atoms with E-state index in [1.807, 2.05) is 54.6 Å². The Bertz CT molecular complexity index is 2180. The van der Waals surface area contributed by atoms with Gasteiger partial charge in [0.15, 0.2) is 17.5 Å². The maximum Gasteiger partial charge on any atom is 0.164 e. The summed E-state index contributed by atoms with van der Waals surface area (Å²) in [6, 6.07) is 43.3. The Morgan fingerprint density at radius 3 is 1.87 bits per heavy atom. The molecule has 4 nitrogen and oxygen atoms in total. The van der Waals surface area contributed by atoms with Crippen LogP contribution in [0.3, 0.4) is 0 Å². The molecule has 8 aromatic rings. The van der Waals surface area contributed by atoms with E-state index < -0.39 is 0 Å². The molecule has 0 atom stereocenters. The minimum atomic E-state index is 0.619. The third kappa shape index (κ3) is 3.50. The van der Waals surface area contributed by atoms with Crippen molar-refractivity contribution in [2.24, 2.45) is 0 Å². The largest absolute Gasteiger partial charge is 0.455 e. The second-order valence-electron chi connectivity index (χ2n) is 9.64. The van der Waals surface area contributed by atoms with E-state index >= 15 is 0 Å². The van der Waals surface area contributed by atoms with Gasteiger partial charge in [-0.3, -0.25) is 0 Å². The number of hydrogen-bond donors (Lipinski definition) is 0. The second kappa shape index (κ2) is 8.61. The molecule has 0 aliphatic rings. The molecule has 2 heterocycles. The van der Waals surface area contributed by atoms with Crippen molar-refractivity contribution in [2.45, 2.75) is 0 Å². The number of rotatable bonds is 3. The monoisotopic (exact) mass is 499 g/mol. The molecule has 0 bridgehead atoms. The number of fused-ring (bicyclic) bond motifs is 6. The summed E-state index contributed by atoms with van der Waals surface area (Å²) in [6.07, 6.45) is 0. The van der Waals surface area contributed by atoms with Crippen molar-refractivity contribution in [2.75, 3.05) is 0 Å². The summed E-state index contributed by atoms with van der Waals surface area (Å²) >= 11 is 0. The molecule has 0 radical (unpaired) electrons. The van der Waals surface area contributed by atoms with Gasteiger partial charge in [0.05, 0.1) is 0 Å². The third-order valence-electron chi connectivity index (χ3n) is 7.33. The van der Waals surface area contributed by atoms with Gasteiger partial charge in [0, 0.05) is 32.8 Å². The highest BCUT2D eigenvalue weighted by Gasteiger charge is 2.19. The second-order valence-corrected chi connectivity index (χ2v) is 9.64. The van der Waals surface area contributed by atoms with Gasteiger partial charge in [-0.05, 0) is 28.3 Å². The fourth-order valence-electron chi connectivity index (χ4n) is 5.49. The molecular formula is C35H21N3O. The molecule has 0 fully saturated rings. The van der Waals surface area contributed by atoms with E-state index in [1.165, 1.54) is 0 Å². The van der Waals surface area contributed by atoms with Gasteiger partial charge in [-0.15, -0.1) is 0 Å². The van der Waals surface area contributed by atoms with E-state index in [0.717, 1.165) is 60.2 Å². The lowest BCUT2D eigenvalue weighted by Gasteiger charge is -2.11. The standard InChI is InChI=1S/C35H21N3O/c1-2-12-24(13-3-1)33-36-34(27-17-8-14-22-10-4-6-15-25(22)27)38-35(37-33)29-18-9-19-30-31(29)28-21-20-23-11-5-7-16-26(23)32(28)39-30/h1-21H. The van der Waals surface area contributed by atoms with Gasteiger partial charge in [-0.25, -0.2) is 15.0 Å². The molecule has 0 amide bonds. The van der Waals surface area contributed by atoms with E-state index in [9.17, 15) is 0 Å². The highest BCUT2D eigenvalue weighted by atomic mass is 16.3. The van der Waals surface area contributed by atoms with Gasteiger partial charge >= 0.3 is 0 Å². The average molecular weight is 500 g/mol. The molecule has 0 unspecified atom stereocenters. The van der Waals surface area contributed by atoms with Gasteiger partial charge in [-0.1, -0.05) is 115 Å². The summed E-state index contributed by atoms with van der Waals surface area (Å²) in [4.78, 5) is 15.1. The third-order valence-corrected chi connectivity index (χ3v) is 7.33. The molecule has 0 saturated heterocycles. The van der Waals surface area contributed by atoms with Gasteiger partial charge < -0.3 is 4.42 Å². The summed E-state index contributed by atoms with van der Waals surface area (Å²) in [7, 11) is 0. The Balaban J connectivity index is 1.44. The van der Waals surface area contributed by atoms with Gasteiger partial charge in [-0.2, -0.15) is 0 Å². The smallest absolute Gasteiger partial charge is 0.164 e. The number of benzene rings is 6. The summed E-state index contributed by atoms with van der Waals surface area (Å²) < 4.78 is 6.44. The van der Waals surface area contributed by atoms with Crippen LogP contribution >= 0.6 is 0 Å². The molecule has 4 heteroatoms. The molecule has 8 rings (SSSR count). The normalized spacial score (nSPS) is 11.6. The Kier molecular flexibility index (Phi) is 4.79. The summed E-state index contributed by atoms with van der Waals surface area (Å²) in [6.45, 7) is 0. The van der Waals surface area contributed by atoms with Gasteiger partial charge in [0.25, 0.3) is 0 Å². The van der Waals surface area contributed by atoms with Crippen molar-refractivity contribution < 1.29 is 4.42 Å². The zero-order valence-corrected chi connectivity index (χ0v) is 20.9. The van der Waals surface area contributed by atoms with Crippen LogP contribution in [0.4, 0.5) is 0 Å². The summed E-state index contributed by atoms with van der Waals surface area (Å²) in [5.74, 6) is 1.90. The lowest BCUT2D eigenvalue weighted by atomic mass is 10.0. The van der Waals surface area contributed by atoms with Crippen LogP contribution in [0.15, 0.2) is 132 Å². The average Bonchev–Trinajstić information content (AvgIpc) is 3.40. The number of aromatic nitrogens is 3. The Hall–Kier alpha value is -5.35. The van der Waals surface area contributed by atoms with Gasteiger partial charge in [0.1, 0.15) is 11.2 Å². The molecule has 0 aliphatic heterocycles. The SMILES string of the molecule is c1ccc(-c2nc(-c3cccc4ccccc34)nc(-c3cccc4oc5c6ccccc6ccc5c34)n2)cc1. The zero-order chi connectivity index (χ0) is 25.8. The van der Waals surface area contributed by atoms with E-state index in [-0.39, 0.29) is 0 Å². The van der Waals surface area contributed by atoms with Crippen LogP contribution in [0, 0.1) is 0 Å². The Morgan fingerprint density at radius 2 is 1.03 bits per heavy atom. The van der Waals surface area contributed by atoms with Crippen molar-refractivity contribution >= 4 is 43.5 Å². The highest BCUT2D eigenvalue weighted by molar-refractivity contribution is 6.18. The Morgan fingerprint density at radius 1 is 0.410 bits per heavy atom. The first kappa shape index (κ1) is 21.7. The topological polar surface area (TPSA) is 51.8 Å². The lowest BCUT2D eigenvalue weighted by molar-refractivity contribution is 0.672. The fourth-order valence-corrected chi connectivity index (χ4v) is 5.49. The molecular weight excluding hydrogens is 478 g/mol. The number of furan rings is 1. The molecule has 0 aliphatic carbocycles.